The molecule has 0 atom stereocenters. The predicted octanol–water partition coefficient (Wildman–Crippen LogP) is 0.683. The van der Waals surface area contributed by atoms with E-state index in [0.29, 0.717) is 5.69 Å². The minimum atomic E-state index is -3.68. The third-order valence-electron chi connectivity index (χ3n) is 2.19. The molecule has 4 N–H and O–H groups in total. The van der Waals surface area contributed by atoms with Gasteiger partial charge >= 0.3 is 0 Å². The zero-order valence-corrected chi connectivity index (χ0v) is 10.2. The molecule has 0 saturated carbocycles. The first kappa shape index (κ1) is 13.0. The molecule has 0 unspecified atom stereocenters. The van der Waals surface area contributed by atoms with Crippen LogP contribution in [-0.2, 0) is 16.8 Å². The lowest BCUT2D eigenvalue weighted by molar-refractivity contribution is 0.348. The van der Waals surface area contributed by atoms with Crippen LogP contribution in [0.4, 0.5) is 5.69 Å². The van der Waals surface area contributed by atoms with E-state index < -0.39 is 10.2 Å². The Kier molecular flexibility index (Phi) is 3.90. The van der Waals surface area contributed by atoms with Crippen molar-refractivity contribution in [3.8, 4) is 0 Å². The molecule has 6 heteroatoms. The van der Waals surface area contributed by atoms with Crippen LogP contribution in [0, 0.1) is 0 Å². The molecule has 0 spiro atoms. The van der Waals surface area contributed by atoms with E-state index in [2.05, 4.69) is 0 Å². The normalized spacial score (nSPS) is 12.3. The Hall–Kier alpha value is -1.11. The summed E-state index contributed by atoms with van der Waals surface area (Å²) in [6.45, 7) is 3.79. The molecule has 0 aliphatic heterocycles. The highest BCUT2D eigenvalue weighted by Crippen LogP contribution is 2.13. The Bertz CT molecular complexity index is 457. The summed E-state index contributed by atoms with van der Waals surface area (Å²) in [4.78, 5) is 0. The van der Waals surface area contributed by atoms with Gasteiger partial charge in [0, 0.05) is 18.3 Å². The third-order valence-corrected chi connectivity index (χ3v) is 3.40. The van der Waals surface area contributed by atoms with Gasteiger partial charge in [-0.05, 0) is 31.5 Å². The van der Waals surface area contributed by atoms with E-state index in [1.807, 2.05) is 6.07 Å². The summed E-state index contributed by atoms with van der Waals surface area (Å²) in [5, 5.41) is 5.13. The molecule has 0 amide bonds. The average Bonchev–Trinajstić information content (AvgIpc) is 2.12. The largest absolute Gasteiger partial charge is 0.399 e. The van der Waals surface area contributed by atoms with Crippen LogP contribution in [0.5, 0.6) is 0 Å². The molecule has 0 aromatic heterocycles. The maximum Gasteiger partial charge on any atom is 0.277 e. The lowest BCUT2D eigenvalue weighted by Crippen LogP contribution is -2.40. The van der Waals surface area contributed by atoms with E-state index in [1.165, 1.54) is 4.31 Å². The maximum absolute atomic E-state index is 11.3. The summed E-state index contributed by atoms with van der Waals surface area (Å²) in [5.41, 5.74) is 7.05. The van der Waals surface area contributed by atoms with Crippen molar-refractivity contribution in [2.45, 2.75) is 26.4 Å². The van der Waals surface area contributed by atoms with Crippen molar-refractivity contribution in [3.05, 3.63) is 29.8 Å². The highest BCUT2D eigenvalue weighted by molar-refractivity contribution is 7.86. The van der Waals surface area contributed by atoms with Crippen molar-refractivity contribution >= 4 is 15.9 Å². The van der Waals surface area contributed by atoms with E-state index in [9.17, 15) is 8.42 Å². The fourth-order valence-electron chi connectivity index (χ4n) is 1.44. The Morgan fingerprint density at radius 1 is 1.38 bits per heavy atom. The van der Waals surface area contributed by atoms with E-state index in [-0.39, 0.29) is 12.6 Å². The second-order valence-electron chi connectivity index (χ2n) is 3.93. The van der Waals surface area contributed by atoms with Gasteiger partial charge < -0.3 is 5.73 Å². The summed E-state index contributed by atoms with van der Waals surface area (Å²) in [6, 6.07) is 6.90. The van der Waals surface area contributed by atoms with Crippen molar-refractivity contribution in [1.82, 2.24) is 4.31 Å². The monoisotopic (exact) mass is 243 g/mol. The first-order valence-corrected chi connectivity index (χ1v) is 6.45. The molecular weight excluding hydrogens is 226 g/mol. The number of nitrogens with zero attached hydrogens (tertiary/aromatic N) is 1. The lowest BCUT2D eigenvalue weighted by Gasteiger charge is -2.23. The molecule has 0 fully saturated rings. The summed E-state index contributed by atoms with van der Waals surface area (Å²) in [6.07, 6.45) is 0. The van der Waals surface area contributed by atoms with Crippen LogP contribution < -0.4 is 10.9 Å². The van der Waals surface area contributed by atoms with Crippen LogP contribution >= 0.6 is 0 Å². The van der Waals surface area contributed by atoms with Gasteiger partial charge in [0.25, 0.3) is 10.2 Å². The molecule has 1 aromatic carbocycles. The van der Waals surface area contributed by atoms with Gasteiger partial charge in [-0.3, -0.25) is 0 Å². The standard InChI is InChI=1S/C10H17N3O2S/c1-8(2)13(16(12,14)15)7-9-4-3-5-10(11)6-9/h3-6,8H,7,11H2,1-2H3,(H2,12,14,15). The smallest absolute Gasteiger partial charge is 0.277 e. The Balaban J connectivity index is 2.93. The zero-order chi connectivity index (χ0) is 12.3. The van der Waals surface area contributed by atoms with Crippen LogP contribution in [-0.4, -0.2) is 18.8 Å². The van der Waals surface area contributed by atoms with E-state index in [0.717, 1.165) is 5.56 Å². The summed E-state index contributed by atoms with van der Waals surface area (Å²) >= 11 is 0. The van der Waals surface area contributed by atoms with Gasteiger partial charge in [-0.15, -0.1) is 0 Å². The quantitative estimate of drug-likeness (QED) is 0.762. The van der Waals surface area contributed by atoms with Crippen LogP contribution in [0.3, 0.4) is 0 Å². The Labute approximate surface area is 96.2 Å². The van der Waals surface area contributed by atoms with E-state index in [4.69, 9.17) is 10.9 Å². The molecule has 0 radical (unpaired) electrons. The SMILES string of the molecule is CC(C)N(Cc1cccc(N)c1)S(N)(=O)=O. The second-order valence-corrected chi connectivity index (χ2v) is 5.43. The van der Waals surface area contributed by atoms with Gasteiger partial charge in [0.1, 0.15) is 0 Å². The second kappa shape index (κ2) is 4.82. The van der Waals surface area contributed by atoms with Crippen LogP contribution in [0.15, 0.2) is 24.3 Å². The van der Waals surface area contributed by atoms with Crippen molar-refractivity contribution in [1.29, 1.82) is 0 Å². The number of nitrogen functional groups attached to an aromatic ring is 1. The number of hydrogen-bond acceptors (Lipinski definition) is 3. The molecule has 0 bridgehead atoms. The topological polar surface area (TPSA) is 89.4 Å². The van der Waals surface area contributed by atoms with Crippen LogP contribution in [0.2, 0.25) is 0 Å². The molecule has 0 saturated heterocycles. The molecule has 0 aliphatic rings. The number of anilines is 1. The van der Waals surface area contributed by atoms with Gasteiger partial charge in [-0.2, -0.15) is 12.7 Å². The summed E-state index contributed by atoms with van der Waals surface area (Å²) in [5.74, 6) is 0. The zero-order valence-electron chi connectivity index (χ0n) is 9.42. The molecule has 5 nitrogen and oxygen atoms in total. The molecule has 0 aliphatic carbocycles. The van der Waals surface area contributed by atoms with E-state index >= 15 is 0 Å². The first-order chi connectivity index (χ1) is 7.30. The number of hydrogen-bond donors (Lipinski definition) is 2. The number of rotatable bonds is 4. The number of nitrogens with two attached hydrogens (primary N) is 2. The first-order valence-electron chi connectivity index (χ1n) is 4.94. The Morgan fingerprint density at radius 3 is 2.44 bits per heavy atom. The van der Waals surface area contributed by atoms with Crippen molar-refractivity contribution in [3.63, 3.8) is 0 Å². The van der Waals surface area contributed by atoms with Gasteiger partial charge in [0.2, 0.25) is 0 Å². The molecule has 16 heavy (non-hydrogen) atoms. The summed E-state index contributed by atoms with van der Waals surface area (Å²) < 4.78 is 23.9. The molecule has 90 valence electrons. The highest BCUT2D eigenvalue weighted by Gasteiger charge is 2.20. The lowest BCUT2D eigenvalue weighted by atomic mass is 10.2. The third kappa shape index (κ3) is 3.48. The number of benzene rings is 1. The van der Waals surface area contributed by atoms with Crippen LogP contribution in [0.1, 0.15) is 19.4 Å². The van der Waals surface area contributed by atoms with E-state index in [1.54, 1.807) is 32.0 Å². The molecule has 1 rings (SSSR count). The average molecular weight is 243 g/mol. The van der Waals surface area contributed by atoms with Crippen molar-refractivity contribution < 1.29 is 8.42 Å². The minimum Gasteiger partial charge on any atom is -0.399 e. The van der Waals surface area contributed by atoms with Crippen molar-refractivity contribution in [2.75, 3.05) is 5.73 Å². The van der Waals surface area contributed by atoms with Crippen LogP contribution in [0.25, 0.3) is 0 Å². The summed E-state index contributed by atoms with van der Waals surface area (Å²) in [7, 11) is -3.68. The maximum atomic E-state index is 11.3. The highest BCUT2D eigenvalue weighted by atomic mass is 32.2. The fourth-order valence-corrected chi connectivity index (χ4v) is 2.35. The molecule has 0 heterocycles. The van der Waals surface area contributed by atoms with Gasteiger partial charge in [-0.25, -0.2) is 5.14 Å². The Morgan fingerprint density at radius 2 is 2.00 bits per heavy atom. The van der Waals surface area contributed by atoms with Gasteiger partial charge in [0.15, 0.2) is 0 Å². The molecular formula is C10H17N3O2S. The minimum absolute atomic E-state index is 0.184. The van der Waals surface area contributed by atoms with Gasteiger partial charge in [0.05, 0.1) is 0 Å². The van der Waals surface area contributed by atoms with Crippen molar-refractivity contribution in [2.24, 2.45) is 5.14 Å². The predicted molar refractivity (Wildman–Crippen MR) is 64.6 cm³/mol. The molecule has 1 aromatic rings. The fraction of sp³-hybridized carbons (Fsp3) is 0.400. The van der Waals surface area contributed by atoms with Gasteiger partial charge in [-0.1, -0.05) is 12.1 Å².